The lowest BCUT2D eigenvalue weighted by atomic mass is 10.0. The van der Waals surface area contributed by atoms with Crippen LogP contribution in [-0.4, -0.2) is 92.0 Å². The van der Waals surface area contributed by atoms with Gasteiger partial charge in [0.2, 0.25) is 11.9 Å². The van der Waals surface area contributed by atoms with Crippen LogP contribution in [0.15, 0.2) is 31.0 Å². The molecule has 4 heterocycles. The molecule has 212 valence electrons. The smallest absolute Gasteiger partial charge is 0.243 e. The van der Waals surface area contributed by atoms with E-state index in [1.807, 2.05) is 6.07 Å². The molecule has 13 heteroatoms. The van der Waals surface area contributed by atoms with E-state index >= 15 is 0 Å². The van der Waals surface area contributed by atoms with Crippen molar-refractivity contribution in [1.29, 1.82) is 0 Å². The van der Waals surface area contributed by atoms with Crippen LogP contribution in [0.1, 0.15) is 0 Å². The van der Waals surface area contributed by atoms with E-state index < -0.39 is 0 Å². The fourth-order valence-corrected chi connectivity index (χ4v) is 5.61. The fourth-order valence-electron chi connectivity index (χ4n) is 4.92. The minimum atomic E-state index is -0.266. The van der Waals surface area contributed by atoms with Gasteiger partial charge in [-0.15, -0.1) is 0 Å². The van der Waals surface area contributed by atoms with Crippen molar-refractivity contribution >= 4 is 51.8 Å². The maximum Gasteiger partial charge on any atom is 0.243 e. The molecule has 5 rings (SSSR count). The number of anilines is 2. The number of hydrogen-bond donors (Lipinski definition) is 3. The second kappa shape index (κ2) is 12.0. The van der Waals surface area contributed by atoms with Crippen LogP contribution in [0, 0.1) is 5.92 Å². The third kappa shape index (κ3) is 5.73. The zero-order valence-electron chi connectivity index (χ0n) is 22.5. The fraction of sp³-hybridized carbons (Fsp3) is 0.407. The summed E-state index contributed by atoms with van der Waals surface area (Å²) in [7, 11) is 5.15. The summed E-state index contributed by atoms with van der Waals surface area (Å²) in [5, 5.41) is 11.0. The Bertz CT molecular complexity index is 1410. The van der Waals surface area contributed by atoms with Gasteiger partial charge in [-0.3, -0.25) is 4.79 Å². The molecule has 0 spiro atoms. The highest BCUT2D eigenvalue weighted by Crippen LogP contribution is 2.46. The van der Waals surface area contributed by atoms with Crippen LogP contribution >= 0.6 is 23.2 Å². The summed E-state index contributed by atoms with van der Waals surface area (Å²) in [6.45, 7) is 7.00. The topological polar surface area (TPSA) is 123 Å². The second-order valence-electron chi connectivity index (χ2n) is 9.85. The Balaban J connectivity index is 1.53. The van der Waals surface area contributed by atoms with Crippen molar-refractivity contribution in [3.63, 3.8) is 0 Å². The first-order chi connectivity index (χ1) is 19.3. The quantitative estimate of drug-likeness (QED) is 0.304. The number of nitrogens with one attached hydrogen (secondary N) is 3. The van der Waals surface area contributed by atoms with Gasteiger partial charge in [0.25, 0.3) is 0 Å². The van der Waals surface area contributed by atoms with Gasteiger partial charge in [-0.05, 0) is 19.2 Å². The van der Waals surface area contributed by atoms with Gasteiger partial charge in [0.05, 0.1) is 55.3 Å². The Morgan fingerprint density at radius 2 is 1.85 bits per heavy atom. The first-order valence-electron chi connectivity index (χ1n) is 12.8. The van der Waals surface area contributed by atoms with Gasteiger partial charge in [-0.2, -0.15) is 0 Å². The third-order valence-electron chi connectivity index (χ3n) is 7.00. The number of methoxy groups -OCH3 is 2. The number of ether oxygens (including phenoxy) is 3. The van der Waals surface area contributed by atoms with Gasteiger partial charge >= 0.3 is 0 Å². The number of halogens is 2. The standard InChI is InChI=1S/C27H31Cl2N7O4/c1-5-21(37)32-17-12-40-13-18(17)34-27-31-9-15-6-16(22-23(28)19(38-3)7-20(39-4)24(22)29)33-26(25(15)35-27)30-8-14-10-36(2)11-14/h5-7,9,14,17-18H,1,8,10-13H2,2-4H3,(H,30,33)(H,32,37)(H,31,34,35)/t17-,18+/m0/s1. The first-order valence-corrected chi connectivity index (χ1v) is 13.5. The van der Waals surface area contributed by atoms with Crippen LogP contribution in [0.25, 0.3) is 22.2 Å². The normalized spacial score (nSPS) is 19.2. The number of fused-ring (bicyclic) bond motifs is 1. The lowest BCUT2D eigenvalue weighted by Crippen LogP contribution is -2.46. The number of carbonyl (C=O) groups excluding carboxylic acids is 1. The number of aromatic nitrogens is 3. The van der Waals surface area contributed by atoms with Crippen LogP contribution in [0.3, 0.4) is 0 Å². The van der Waals surface area contributed by atoms with E-state index in [-0.39, 0.29) is 18.0 Å². The highest BCUT2D eigenvalue weighted by molar-refractivity contribution is 6.41. The van der Waals surface area contributed by atoms with Gasteiger partial charge in [0, 0.05) is 48.8 Å². The molecule has 3 N–H and O–H groups in total. The molecule has 2 saturated heterocycles. The summed E-state index contributed by atoms with van der Waals surface area (Å²) in [4.78, 5) is 28.3. The van der Waals surface area contributed by atoms with Gasteiger partial charge in [0.15, 0.2) is 5.82 Å². The Kier molecular flexibility index (Phi) is 8.46. The first kappa shape index (κ1) is 28.2. The van der Waals surface area contributed by atoms with Gasteiger partial charge in [-0.1, -0.05) is 29.8 Å². The summed E-state index contributed by atoms with van der Waals surface area (Å²) in [5.74, 6) is 2.01. The monoisotopic (exact) mass is 587 g/mol. The predicted molar refractivity (Wildman–Crippen MR) is 156 cm³/mol. The molecule has 0 saturated carbocycles. The minimum Gasteiger partial charge on any atom is -0.495 e. The van der Waals surface area contributed by atoms with Crippen molar-refractivity contribution < 1.29 is 19.0 Å². The zero-order chi connectivity index (χ0) is 28.4. The number of pyridine rings is 1. The number of amides is 1. The Labute approximate surface area is 242 Å². The number of rotatable bonds is 10. The Morgan fingerprint density at radius 3 is 2.50 bits per heavy atom. The van der Waals surface area contributed by atoms with Crippen LogP contribution in [0.2, 0.25) is 10.0 Å². The highest BCUT2D eigenvalue weighted by atomic mass is 35.5. The van der Waals surface area contributed by atoms with Crippen LogP contribution in [0.5, 0.6) is 11.5 Å². The number of carbonyl (C=O) groups is 1. The molecular weight excluding hydrogens is 557 g/mol. The van der Waals surface area contributed by atoms with Crippen molar-refractivity contribution in [2.24, 2.45) is 5.92 Å². The molecule has 1 amide bonds. The van der Waals surface area contributed by atoms with E-state index in [0.717, 1.165) is 25.0 Å². The maximum absolute atomic E-state index is 11.8. The number of hydrogen-bond acceptors (Lipinski definition) is 10. The molecule has 11 nitrogen and oxygen atoms in total. The summed E-state index contributed by atoms with van der Waals surface area (Å²) in [6, 6.07) is 3.02. The molecule has 3 aromatic rings. The van der Waals surface area contributed by atoms with E-state index in [0.29, 0.717) is 69.2 Å². The Morgan fingerprint density at radius 1 is 1.15 bits per heavy atom. The Hall–Kier alpha value is -3.38. The largest absolute Gasteiger partial charge is 0.495 e. The molecule has 2 aromatic heterocycles. The SMILES string of the molecule is C=CC(=O)N[C@H]1COC[C@H]1Nc1ncc2cc(-c3c(Cl)c(OC)cc(OC)c3Cl)nc(NCC3CN(C)C3)c2n1. The average molecular weight is 588 g/mol. The number of likely N-dealkylation sites (tertiary alicyclic amines) is 1. The van der Waals surface area contributed by atoms with Crippen molar-refractivity contribution in [2.45, 2.75) is 12.1 Å². The average Bonchev–Trinajstić information content (AvgIpc) is 3.36. The van der Waals surface area contributed by atoms with Gasteiger partial charge < -0.3 is 35.1 Å². The lowest BCUT2D eigenvalue weighted by Gasteiger charge is -2.36. The van der Waals surface area contributed by atoms with Crippen molar-refractivity contribution in [3.8, 4) is 22.8 Å². The molecule has 2 aliphatic rings. The summed E-state index contributed by atoms with van der Waals surface area (Å²) >= 11 is 13.4. The maximum atomic E-state index is 11.8. The van der Waals surface area contributed by atoms with Crippen molar-refractivity contribution in [1.82, 2.24) is 25.2 Å². The lowest BCUT2D eigenvalue weighted by molar-refractivity contribution is -0.117. The summed E-state index contributed by atoms with van der Waals surface area (Å²) in [6.07, 6.45) is 2.95. The summed E-state index contributed by atoms with van der Waals surface area (Å²) < 4.78 is 16.5. The van der Waals surface area contributed by atoms with Crippen molar-refractivity contribution in [3.05, 3.63) is 41.0 Å². The molecule has 0 radical (unpaired) electrons. The van der Waals surface area contributed by atoms with E-state index in [1.165, 1.54) is 20.3 Å². The molecule has 1 aromatic carbocycles. The zero-order valence-corrected chi connectivity index (χ0v) is 24.0. The summed E-state index contributed by atoms with van der Waals surface area (Å²) in [5.41, 5.74) is 1.63. The highest BCUT2D eigenvalue weighted by Gasteiger charge is 2.30. The molecule has 0 aliphatic carbocycles. The third-order valence-corrected chi connectivity index (χ3v) is 7.75. The predicted octanol–water partition coefficient (Wildman–Crippen LogP) is 3.47. The molecule has 2 atom stereocenters. The van der Waals surface area contributed by atoms with Gasteiger partial charge in [-0.25, -0.2) is 15.0 Å². The number of nitrogens with zero attached hydrogens (tertiary/aromatic N) is 4. The molecule has 0 bridgehead atoms. The van der Waals surface area contributed by atoms with Crippen LogP contribution in [0.4, 0.5) is 11.8 Å². The minimum absolute atomic E-state index is 0.211. The van der Waals surface area contributed by atoms with E-state index in [9.17, 15) is 4.79 Å². The molecular formula is C27H31Cl2N7O4. The van der Waals surface area contributed by atoms with E-state index in [1.54, 1.807) is 12.3 Å². The van der Waals surface area contributed by atoms with Crippen molar-refractivity contribution in [2.75, 3.05) is 64.7 Å². The second-order valence-corrected chi connectivity index (χ2v) is 10.6. The molecule has 2 aliphatic heterocycles. The number of benzene rings is 1. The van der Waals surface area contributed by atoms with Crippen LogP contribution in [-0.2, 0) is 9.53 Å². The molecule has 40 heavy (non-hydrogen) atoms. The van der Waals surface area contributed by atoms with E-state index in [2.05, 4.69) is 39.5 Å². The van der Waals surface area contributed by atoms with E-state index in [4.69, 9.17) is 47.4 Å². The molecule has 0 unspecified atom stereocenters. The van der Waals surface area contributed by atoms with Crippen LogP contribution < -0.4 is 25.4 Å². The molecule has 2 fully saturated rings. The van der Waals surface area contributed by atoms with Gasteiger partial charge in [0.1, 0.15) is 17.0 Å².